The van der Waals surface area contributed by atoms with Gasteiger partial charge in [0.15, 0.2) is 0 Å². The molecule has 0 aliphatic carbocycles. The van der Waals surface area contributed by atoms with Gasteiger partial charge in [0.05, 0.1) is 22.3 Å². The molecule has 1 aromatic rings. The van der Waals surface area contributed by atoms with E-state index in [9.17, 15) is 0 Å². The second kappa shape index (κ2) is 4.68. The molecule has 2 N–H and O–H groups in total. The van der Waals surface area contributed by atoms with E-state index in [0.29, 0.717) is 28.8 Å². The lowest BCUT2D eigenvalue weighted by Crippen LogP contribution is -2.41. The Hall–Kier alpha value is -0.280. The maximum absolute atomic E-state index is 6.28. The van der Waals surface area contributed by atoms with E-state index in [-0.39, 0.29) is 5.41 Å². The van der Waals surface area contributed by atoms with Gasteiger partial charge in [-0.1, -0.05) is 35.3 Å². The third-order valence-electron chi connectivity index (χ3n) is 4.41. The van der Waals surface area contributed by atoms with Gasteiger partial charge in [0.25, 0.3) is 0 Å². The molecule has 3 atom stereocenters. The quantitative estimate of drug-likeness (QED) is 0.924. The van der Waals surface area contributed by atoms with Crippen LogP contribution in [0.3, 0.4) is 0 Å². The summed E-state index contributed by atoms with van der Waals surface area (Å²) >= 11 is 12.4. The van der Waals surface area contributed by atoms with E-state index < -0.39 is 0 Å². The zero-order valence-electron chi connectivity index (χ0n) is 10.2. The van der Waals surface area contributed by atoms with Crippen molar-refractivity contribution in [2.24, 2.45) is 11.1 Å². The molecule has 98 valence electrons. The Kier molecular flexibility index (Phi) is 3.31. The Bertz CT molecular complexity index is 465. The van der Waals surface area contributed by atoms with Gasteiger partial charge in [-0.25, -0.2) is 0 Å². The minimum absolute atomic E-state index is 0.0528. The summed E-state index contributed by atoms with van der Waals surface area (Å²) in [7, 11) is 0. The van der Waals surface area contributed by atoms with Gasteiger partial charge in [-0.15, -0.1) is 0 Å². The van der Waals surface area contributed by atoms with Gasteiger partial charge in [0.2, 0.25) is 0 Å². The number of fused-ring (bicyclic) bond motifs is 2. The molecular formula is C14H17Cl2NO. The van der Waals surface area contributed by atoms with E-state index in [1.807, 2.05) is 18.2 Å². The number of ether oxygens (including phenoxy) is 1. The first-order chi connectivity index (χ1) is 8.64. The largest absolute Gasteiger partial charge is 0.374 e. The SMILES string of the molecule is NCC1(Cc2cccc(Cl)c2Cl)CC2CCC1O2. The highest BCUT2D eigenvalue weighted by molar-refractivity contribution is 6.42. The summed E-state index contributed by atoms with van der Waals surface area (Å²) in [4.78, 5) is 0. The Labute approximate surface area is 117 Å². The normalized spacial score (nSPS) is 34.2. The third-order valence-corrected chi connectivity index (χ3v) is 5.26. The average molecular weight is 286 g/mol. The highest BCUT2D eigenvalue weighted by Crippen LogP contribution is 2.49. The molecule has 0 spiro atoms. The van der Waals surface area contributed by atoms with Crippen LogP contribution in [0.4, 0.5) is 0 Å². The van der Waals surface area contributed by atoms with Gasteiger partial charge >= 0.3 is 0 Å². The zero-order valence-corrected chi connectivity index (χ0v) is 11.7. The van der Waals surface area contributed by atoms with Crippen LogP contribution in [0.2, 0.25) is 10.0 Å². The lowest BCUT2D eigenvalue weighted by Gasteiger charge is -2.34. The zero-order chi connectivity index (χ0) is 12.8. The van der Waals surface area contributed by atoms with Crippen molar-refractivity contribution in [3.05, 3.63) is 33.8 Å². The summed E-state index contributed by atoms with van der Waals surface area (Å²) in [5.41, 5.74) is 7.18. The summed E-state index contributed by atoms with van der Waals surface area (Å²) in [6.07, 6.45) is 4.91. The molecule has 18 heavy (non-hydrogen) atoms. The van der Waals surface area contributed by atoms with Gasteiger partial charge < -0.3 is 10.5 Å². The van der Waals surface area contributed by atoms with Crippen LogP contribution in [-0.2, 0) is 11.2 Å². The molecule has 3 rings (SSSR count). The van der Waals surface area contributed by atoms with Gasteiger partial charge in [0.1, 0.15) is 0 Å². The first kappa shape index (κ1) is 12.7. The average Bonchev–Trinajstić information content (AvgIpc) is 2.96. The van der Waals surface area contributed by atoms with Crippen LogP contribution in [0, 0.1) is 5.41 Å². The van der Waals surface area contributed by atoms with Crippen LogP contribution in [0.15, 0.2) is 18.2 Å². The number of benzene rings is 1. The maximum Gasteiger partial charge on any atom is 0.0652 e. The first-order valence-electron chi connectivity index (χ1n) is 6.43. The van der Waals surface area contributed by atoms with Crippen molar-refractivity contribution in [2.75, 3.05) is 6.54 Å². The van der Waals surface area contributed by atoms with Gasteiger partial charge in [-0.05, 0) is 37.3 Å². The summed E-state index contributed by atoms with van der Waals surface area (Å²) in [5.74, 6) is 0. The van der Waals surface area contributed by atoms with Gasteiger partial charge in [-0.3, -0.25) is 0 Å². The monoisotopic (exact) mass is 285 g/mol. The van der Waals surface area contributed by atoms with E-state index in [4.69, 9.17) is 33.7 Å². The van der Waals surface area contributed by atoms with E-state index in [0.717, 1.165) is 24.8 Å². The van der Waals surface area contributed by atoms with E-state index >= 15 is 0 Å². The first-order valence-corrected chi connectivity index (χ1v) is 7.19. The van der Waals surface area contributed by atoms with Gasteiger partial charge in [-0.2, -0.15) is 0 Å². The lowest BCUT2D eigenvalue weighted by atomic mass is 9.70. The Morgan fingerprint density at radius 1 is 1.33 bits per heavy atom. The van der Waals surface area contributed by atoms with E-state index in [1.165, 1.54) is 6.42 Å². The predicted molar refractivity (Wildman–Crippen MR) is 74.2 cm³/mol. The van der Waals surface area contributed by atoms with Crippen LogP contribution in [0.5, 0.6) is 0 Å². The molecule has 2 fully saturated rings. The molecule has 2 aliphatic heterocycles. The van der Waals surface area contributed by atoms with Gasteiger partial charge in [0, 0.05) is 12.0 Å². The molecule has 2 aliphatic rings. The van der Waals surface area contributed by atoms with Crippen molar-refractivity contribution >= 4 is 23.2 Å². The molecule has 4 heteroatoms. The second-order valence-corrected chi connectivity index (χ2v) is 6.27. The fourth-order valence-electron chi connectivity index (χ4n) is 3.43. The molecular weight excluding hydrogens is 269 g/mol. The van der Waals surface area contributed by atoms with Crippen molar-refractivity contribution in [3.63, 3.8) is 0 Å². The molecule has 3 unspecified atom stereocenters. The van der Waals surface area contributed by atoms with Crippen molar-refractivity contribution in [3.8, 4) is 0 Å². The highest BCUT2D eigenvalue weighted by atomic mass is 35.5. The Balaban J connectivity index is 1.88. The third kappa shape index (κ3) is 1.96. The molecule has 2 bridgehead atoms. The molecule has 2 heterocycles. The van der Waals surface area contributed by atoms with E-state index in [2.05, 4.69) is 0 Å². The minimum atomic E-state index is 0.0528. The fraction of sp³-hybridized carbons (Fsp3) is 0.571. The number of hydrogen-bond acceptors (Lipinski definition) is 2. The predicted octanol–water partition coefficient (Wildman–Crippen LogP) is 3.43. The molecule has 2 saturated heterocycles. The van der Waals surface area contributed by atoms with Crippen molar-refractivity contribution < 1.29 is 4.74 Å². The summed E-state index contributed by atoms with van der Waals surface area (Å²) in [5, 5.41) is 1.28. The summed E-state index contributed by atoms with van der Waals surface area (Å²) < 4.78 is 5.97. The highest BCUT2D eigenvalue weighted by Gasteiger charge is 2.51. The fourth-order valence-corrected chi connectivity index (χ4v) is 3.82. The molecule has 0 amide bonds. The number of rotatable bonds is 3. The molecule has 0 radical (unpaired) electrons. The van der Waals surface area contributed by atoms with Crippen LogP contribution >= 0.6 is 23.2 Å². The molecule has 1 aromatic carbocycles. The topological polar surface area (TPSA) is 35.2 Å². The minimum Gasteiger partial charge on any atom is -0.374 e. The Morgan fingerprint density at radius 2 is 2.17 bits per heavy atom. The standard InChI is InChI=1S/C14H17Cl2NO/c15-11-3-1-2-9(13(11)16)6-14(8-17)7-10-4-5-12(14)18-10/h1-3,10,12H,4-8,17H2. The summed E-state index contributed by atoms with van der Waals surface area (Å²) in [6.45, 7) is 0.650. The smallest absolute Gasteiger partial charge is 0.0652 e. The van der Waals surface area contributed by atoms with E-state index in [1.54, 1.807) is 0 Å². The summed E-state index contributed by atoms with van der Waals surface area (Å²) in [6, 6.07) is 5.80. The Morgan fingerprint density at radius 3 is 2.78 bits per heavy atom. The number of hydrogen-bond donors (Lipinski definition) is 1. The van der Waals surface area contributed by atoms with Crippen molar-refractivity contribution in [1.82, 2.24) is 0 Å². The lowest BCUT2D eigenvalue weighted by molar-refractivity contribution is 0.0636. The number of halogens is 2. The number of nitrogens with two attached hydrogens (primary N) is 1. The molecule has 0 aromatic heterocycles. The van der Waals surface area contributed by atoms with Crippen molar-refractivity contribution in [1.29, 1.82) is 0 Å². The van der Waals surface area contributed by atoms with Crippen LogP contribution in [0.1, 0.15) is 24.8 Å². The van der Waals surface area contributed by atoms with Crippen molar-refractivity contribution in [2.45, 2.75) is 37.9 Å². The van der Waals surface area contributed by atoms with Crippen LogP contribution in [-0.4, -0.2) is 18.8 Å². The maximum atomic E-state index is 6.28. The van der Waals surface area contributed by atoms with Crippen LogP contribution in [0.25, 0.3) is 0 Å². The van der Waals surface area contributed by atoms with Crippen LogP contribution < -0.4 is 5.73 Å². The molecule has 2 nitrogen and oxygen atoms in total. The second-order valence-electron chi connectivity index (χ2n) is 5.48. The molecule has 0 saturated carbocycles.